The molecule has 76 valence electrons. The Morgan fingerprint density at radius 1 is 1.08 bits per heavy atom. The molecule has 0 aromatic heterocycles. The first-order valence-electron chi connectivity index (χ1n) is 4.29. The van der Waals surface area contributed by atoms with Crippen molar-refractivity contribution in [2.24, 2.45) is 0 Å². The van der Waals surface area contributed by atoms with Crippen LogP contribution in [0, 0.1) is 0 Å². The fourth-order valence-corrected chi connectivity index (χ4v) is 1.56. The van der Waals surface area contributed by atoms with Crippen molar-refractivity contribution in [3.8, 4) is 0 Å². The van der Waals surface area contributed by atoms with E-state index < -0.39 is 0 Å². The minimum absolute atomic E-state index is 0.0252. The summed E-state index contributed by atoms with van der Waals surface area (Å²) in [5.41, 5.74) is 0. The zero-order valence-electron chi connectivity index (χ0n) is 7.76. The molecular formula is C8H14O5. The van der Waals surface area contributed by atoms with E-state index in [1.807, 2.05) is 0 Å². The first-order chi connectivity index (χ1) is 6.35. The fraction of sp³-hybridized carbons (Fsp3) is 1.00. The standard InChI is InChI=1S/C8H14O5/c1-9-5-3-12-8-7(5)11-4-6(10-2)13-8/h5-8H,3-4H2,1-2H3. The highest BCUT2D eigenvalue weighted by molar-refractivity contribution is 4.83. The Hall–Kier alpha value is -0.200. The Balaban J connectivity index is 1.94. The largest absolute Gasteiger partial charge is 0.376 e. The van der Waals surface area contributed by atoms with E-state index in [2.05, 4.69) is 0 Å². The fourth-order valence-electron chi connectivity index (χ4n) is 1.56. The zero-order valence-corrected chi connectivity index (χ0v) is 7.76. The maximum atomic E-state index is 5.51. The molecule has 0 aromatic rings. The van der Waals surface area contributed by atoms with Crippen LogP contribution in [0.5, 0.6) is 0 Å². The highest BCUT2D eigenvalue weighted by Gasteiger charge is 2.44. The van der Waals surface area contributed by atoms with E-state index in [1.54, 1.807) is 14.2 Å². The van der Waals surface area contributed by atoms with Gasteiger partial charge in [-0.3, -0.25) is 0 Å². The molecule has 2 fully saturated rings. The highest BCUT2D eigenvalue weighted by Crippen LogP contribution is 2.26. The van der Waals surface area contributed by atoms with E-state index in [0.717, 1.165) is 0 Å². The summed E-state index contributed by atoms with van der Waals surface area (Å²) in [4.78, 5) is 0. The molecule has 13 heavy (non-hydrogen) atoms. The Morgan fingerprint density at radius 3 is 2.62 bits per heavy atom. The van der Waals surface area contributed by atoms with Gasteiger partial charge >= 0.3 is 0 Å². The van der Waals surface area contributed by atoms with Crippen LogP contribution in [0.15, 0.2) is 0 Å². The van der Waals surface area contributed by atoms with Crippen LogP contribution < -0.4 is 0 Å². The summed E-state index contributed by atoms with van der Waals surface area (Å²) >= 11 is 0. The van der Waals surface area contributed by atoms with Crippen molar-refractivity contribution < 1.29 is 23.7 Å². The van der Waals surface area contributed by atoms with Gasteiger partial charge in [-0.1, -0.05) is 0 Å². The maximum Gasteiger partial charge on any atom is 0.189 e. The second-order valence-corrected chi connectivity index (χ2v) is 3.08. The molecule has 0 aromatic carbocycles. The molecule has 0 N–H and O–H groups in total. The lowest BCUT2D eigenvalue weighted by Gasteiger charge is -2.31. The van der Waals surface area contributed by atoms with Gasteiger partial charge in [0, 0.05) is 14.2 Å². The Kier molecular flexibility index (Phi) is 2.80. The number of hydrogen-bond donors (Lipinski definition) is 0. The maximum absolute atomic E-state index is 5.51. The third-order valence-corrected chi connectivity index (χ3v) is 2.34. The average Bonchev–Trinajstić information content (AvgIpc) is 2.59. The molecule has 4 atom stereocenters. The van der Waals surface area contributed by atoms with Crippen molar-refractivity contribution in [1.82, 2.24) is 0 Å². The van der Waals surface area contributed by atoms with Crippen molar-refractivity contribution in [2.75, 3.05) is 27.4 Å². The normalized spacial score (nSPS) is 44.8. The van der Waals surface area contributed by atoms with Gasteiger partial charge in [-0.05, 0) is 0 Å². The van der Waals surface area contributed by atoms with Crippen molar-refractivity contribution in [1.29, 1.82) is 0 Å². The summed E-state index contributed by atoms with van der Waals surface area (Å²) in [5, 5.41) is 0. The van der Waals surface area contributed by atoms with Gasteiger partial charge in [0.1, 0.15) is 12.2 Å². The molecule has 4 unspecified atom stereocenters. The van der Waals surface area contributed by atoms with Crippen LogP contribution in [-0.2, 0) is 23.7 Å². The summed E-state index contributed by atoms with van der Waals surface area (Å²) in [6, 6.07) is 0. The van der Waals surface area contributed by atoms with Gasteiger partial charge in [-0.2, -0.15) is 0 Å². The summed E-state index contributed by atoms with van der Waals surface area (Å²) in [7, 11) is 3.22. The molecular weight excluding hydrogens is 176 g/mol. The quantitative estimate of drug-likeness (QED) is 0.600. The van der Waals surface area contributed by atoms with Crippen molar-refractivity contribution in [3.05, 3.63) is 0 Å². The minimum Gasteiger partial charge on any atom is -0.376 e. The number of methoxy groups -OCH3 is 2. The van der Waals surface area contributed by atoms with Crippen LogP contribution in [-0.4, -0.2) is 52.2 Å². The number of ether oxygens (including phenoxy) is 5. The lowest BCUT2D eigenvalue weighted by Crippen LogP contribution is -2.45. The van der Waals surface area contributed by atoms with E-state index in [1.165, 1.54) is 0 Å². The predicted molar refractivity (Wildman–Crippen MR) is 42.2 cm³/mol. The van der Waals surface area contributed by atoms with Gasteiger partial charge in [0.15, 0.2) is 12.6 Å². The smallest absolute Gasteiger partial charge is 0.189 e. The first kappa shape index (κ1) is 9.36. The van der Waals surface area contributed by atoms with E-state index in [9.17, 15) is 0 Å². The lowest BCUT2D eigenvalue weighted by molar-refractivity contribution is -0.306. The van der Waals surface area contributed by atoms with Gasteiger partial charge in [-0.15, -0.1) is 0 Å². The third kappa shape index (κ3) is 1.70. The molecule has 2 saturated heterocycles. The Morgan fingerprint density at radius 2 is 1.92 bits per heavy atom. The molecule has 0 amide bonds. The Labute approximate surface area is 76.8 Å². The molecule has 5 heteroatoms. The van der Waals surface area contributed by atoms with Crippen LogP contribution in [0.1, 0.15) is 0 Å². The second-order valence-electron chi connectivity index (χ2n) is 3.08. The molecule has 2 aliphatic heterocycles. The number of fused-ring (bicyclic) bond motifs is 1. The highest BCUT2D eigenvalue weighted by atomic mass is 16.8. The van der Waals surface area contributed by atoms with E-state index in [0.29, 0.717) is 13.2 Å². The predicted octanol–water partition coefficient (Wildman–Crippen LogP) is -0.254. The molecule has 2 aliphatic rings. The Bertz CT molecular complexity index is 174. The van der Waals surface area contributed by atoms with Crippen molar-refractivity contribution >= 4 is 0 Å². The van der Waals surface area contributed by atoms with Gasteiger partial charge in [-0.25, -0.2) is 0 Å². The van der Waals surface area contributed by atoms with Crippen LogP contribution in [0.2, 0.25) is 0 Å². The summed E-state index contributed by atoms with van der Waals surface area (Å²) in [6.45, 7) is 0.948. The van der Waals surface area contributed by atoms with E-state index in [4.69, 9.17) is 23.7 Å². The van der Waals surface area contributed by atoms with Crippen LogP contribution >= 0.6 is 0 Å². The summed E-state index contributed by atoms with van der Waals surface area (Å²) in [6.07, 6.45) is -0.806. The molecule has 2 rings (SSSR count). The zero-order chi connectivity index (χ0) is 9.26. The van der Waals surface area contributed by atoms with Crippen LogP contribution in [0.4, 0.5) is 0 Å². The molecule has 5 nitrogen and oxygen atoms in total. The topological polar surface area (TPSA) is 46.2 Å². The molecule has 0 saturated carbocycles. The molecule has 0 bridgehead atoms. The van der Waals surface area contributed by atoms with Gasteiger partial charge in [0.25, 0.3) is 0 Å². The molecule has 0 spiro atoms. The van der Waals surface area contributed by atoms with Gasteiger partial charge in [0.05, 0.1) is 13.2 Å². The van der Waals surface area contributed by atoms with E-state index in [-0.39, 0.29) is 24.8 Å². The second kappa shape index (κ2) is 3.89. The summed E-state index contributed by atoms with van der Waals surface area (Å²) in [5.74, 6) is 0. The average molecular weight is 190 g/mol. The molecule has 0 radical (unpaired) electrons. The van der Waals surface area contributed by atoms with Crippen molar-refractivity contribution in [3.63, 3.8) is 0 Å². The monoisotopic (exact) mass is 190 g/mol. The van der Waals surface area contributed by atoms with Crippen LogP contribution in [0.25, 0.3) is 0 Å². The van der Waals surface area contributed by atoms with E-state index >= 15 is 0 Å². The van der Waals surface area contributed by atoms with Crippen LogP contribution in [0.3, 0.4) is 0 Å². The molecule has 2 heterocycles. The third-order valence-electron chi connectivity index (χ3n) is 2.34. The molecule has 0 aliphatic carbocycles. The minimum atomic E-state index is -0.344. The first-order valence-corrected chi connectivity index (χ1v) is 4.29. The van der Waals surface area contributed by atoms with Gasteiger partial charge < -0.3 is 23.7 Å². The lowest BCUT2D eigenvalue weighted by atomic mass is 10.2. The SMILES string of the molecule is COC1COC2C(OC)COC2O1. The number of rotatable bonds is 2. The number of hydrogen-bond acceptors (Lipinski definition) is 5. The summed E-state index contributed by atoms with van der Waals surface area (Å²) < 4.78 is 26.5. The van der Waals surface area contributed by atoms with Crippen molar-refractivity contribution in [2.45, 2.75) is 24.8 Å². The van der Waals surface area contributed by atoms with Gasteiger partial charge in [0.2, 0.25) is 0 Å².